The molecule has 1 aliphatic heterocycles. The molecule has 0 unspecified atom stereocenters. The summed E-state index contributed by atoms with van der Waals surface area (Å²) in [5, 5.41) is 4.90. The lowest BCUT2D eigenvalue weighted by Gasteiger charge is -2.28. The van der Waals surface area contributed by atoms with Crippen molar-refractivity contribution in [3.63, 3.8) is 0 Å². The number of para-hydroxylation sites is 1. The van der Waals surface area contributed by atoms with Crippen LogP contribution in [0.25, 0.3) is 10.9 Å². The van der Waals surface area contributed by atoms with E-state index in [2.05, 4.69) is 52.9 Å². The molecular weight excluding hydrogens is 288 g/mol. The standard InChI is InChI=1S/C19H20N2O2/c1-22-17-9-12-7-8-20-19(14(12)10-18(17)23-2)15-11-21-16-6-4-3-5-13(15)16/h3-6,9-11,19-21H,7-8H2,1-2H3/t19-/m1/s1. The van der Waals surface area contributed by atoms with Crippen molar-refractivity contribution in [2.75, 3.05) is 20.8 Å². The molecule has 1 aliphatic rings. The Hall–Kier alpha value is -2.46. The molecule has 0 saturated carbocycles. The molecule has 23 heavy (non-hydrogen) atoms. The molecule has 118 valence electrons. The number of ether oxygens (including phenoxy) is 2. The minimum atomic E-state index is 0.162. The van der Waals surface area contributed by atoms with Gasteiger partial charge >= 0.3 is 0 Å². The first-order chi connectivity index (χ1) is 11.3. The number of aromatic nitrogens is 1. The van der Waals surface area contributed by atoms with Gasteiger partial charge in [-0.05, 0) is 41.3 Å². The summed E-state index contributed by atoms with van der Waals surface area (Å²) in [5.41, 5.74) is 5.01. The molecule has 0 radical (unpaired) electrons. The van der Waals surface area contributed by atoms with Gasteiger partial charge in [-0.1, -0.05) is 18.2 Å². The van der Waals surface area contributed by atoms with Crippen molar-refractivity contribution >= 4 is 10.9 Å². The first-order valence-corrected chi connectivity index (χ1v) is 7.86. The molecule has 2 aromatic carbocycles. The summed E-state index contributed by atoms with van der Waals surface area (Å²) in [7, 11) is 3.36. The summed E-state index contributed by atoms with van der Waals surface area (Å²) in [6.45, 7) is 0.951. The zero-order valence-electron chi connectivity index (χ0n) is 13.3. The molecule has 4 rings (SSSR count). The van der Waals surface area contributed by atoms with Crippen LogP contribution in [0.4, 0.5) is 0 Å². The summed E-state index contributed by atoms with van der Waals surface area (Å²) in [6, 6.07) is 12.8. The van der Waals surface area contributed by atoms with E-state index >= 15 is 0 Å². The van der Waals surface area contributed by atoms with Crippen LogP contribution >= 0.6 is 0 Å². The monoisotopic (exact) mass is 308 g/mol. The molecule has 2 heterocycles. The van der Waals surface area contributed by atoms with Gasteiger partial charge in [0.25, 0.3) is 0 Å². The van der Waals surface area contributed by atoms with E-state index in [0.717, 1.165) is 30.0 Å². The zero-order valence-corrected chi connectivity index (χ0v) is 13.3. The van der Waals surface area contributed by atoms with Crippen molar-refractivity contribution in [3.05, 3.63) is 59.3 Å². The van der Waals surface area contributed by atoms with E-state index in [1.54, 1.807) is 14.2 Å². The maximum Gasteiger partial charge on any atom is 0.161 e. The Morgan fingerprint density at radius 3 is 2.61 bits per heavy atom. The van der Waals surface area contributed by atoms with Gasteiger partial charge < -0.3 is 19.8 Å². The van der Waals surface area contributed by atoms with Gasteiger partial charge in [0, 0.05) is 23.6 Å². The molecule has 4 heteroatoms. The van der Waals surface area contributed by atoms with E-state index in [-0.39, 0.29) is 6.04 Å². The second-order valence-electron chi connectivity index (χ2n) is 5.83. The number of fused-ring (bicyclic) bond motifs is 2. The van der Waals surface area contributed by atoms with Crippen LogP contribution in [0, 0.1) is 0 Å². The third kappa shape index (κ3) is 2.26. The molecule has 0 spiro atoms. The summed E-state index contributed by atoms with van der Waals surface area (Å²) in [4.78, 5) is 3.37. The second kappa shape index (κ2) is 5.63. The number of hydrogen-bond donors (Lipinski definition) is 2. The highest BCUT2D eigenvalue weighted by atomic mass is 16.5. The third-order valence-corrected chi connectivity index (χ3v) is 4.63. The van der Waals surface area contributed by atoms with Crippen LogP contribution in [-0.2, 0) is 6.42 Å². The van der Waals surface area contributed by atoms with Crippen molar-refractivity contribution in [3.8, 4) is 11.5 Å². The SMILES string of the molecule is COc1cc2c(cc1OC)[C@H](c1c[nH]c3ccccc13)NCC2. The summed E-state index contributed by atoms with van der Waals surface area (Å²) in [6.07, 6.45) is 3.10. The molecule has 4 nitrogen and oxygen atoms in total. The highest BCUT2D eigenvalue weighted by Crippen LogP contribution is 2.39. The highest BCUT2D eigenvalue weighted by molar-refractivity contribution is 5.84. The van der Waals surface area contributed by atoms with Gasteiger partial charge in [0.1, 0.15) is 0 Å². The predicted octanol–water partition coefficient (Wildman–Crippen LogP) is 3.42. The number of benzene rings is 2. The Morgan fingerprint density at radius 2 is 1.78 bits per heavy atom. The van der Waals surface area contributed by atoms with Gasteiger partial charge in [-0.2, -0.15) is 0 Å². The Labute approximate surface area is 135 Å². The number of methoxy groups -OCH3 is 2. The van der Waals surface area contributed by atoms with E-state index in [1.165, 1.54) is 22.1 Å². The van der Waals surface area contributed by atoms with Crippen LogP contribution in [0.5, 0.6) is 11.5 Å². The molecule has 3 aromatic rings. The lowest BCUT2D eigenvalue weighted by molar-refractivity contribution is 0.353. The maximum absolute atomic E-state index is 5.49. The van der Waals surface area contributed by atoms with E-state index in [0.29, 0.717) is 0 Å². The summed E-state index contributed by atoms with van der Waals surface area (Å²) in [5.74, 6) is 1.57. The minimum absolute atomic E-state index is 0.162. The average molecular weight is 308 g/mol. The molecule has 1 atom stereocenters. The van der Waals surface area contributed by atoms with Gasteiger partial charge in [0.2, 0.25) is 0 Å². The van der Waals surface area contributed by atoms with Crippen LogP contribution in [0.15, 0.2) is 42.6 Å². The van der Waals surface area contributed by atoms with E-state index in [9.17, 15) is 0 Å². The Morgan fingerprint density at radius 1 is 1.00 bits per heavy atom. The fourth-order valence-corrected chi connectivity index (χ4v) is 3.49. The minimum Gasteiger partial charge on any atom is -0.493 e. The Kier molecular flexibility index (Phi) is 3.46. The normalized spacial score (nSPS) is 17.0. The predicted molar refractivity (Wildman–Crippen MR) is 91.4 cm³/mol. The molecule has 0 aliphatic carbocycles. The maximum atomic E-state index is 5.49. The lowest BCUT2D eigenvalue weighted by atomic mass is 9.89. The lowest BCUT2D eigenvalue weighted by Crippen LogP contribution is -2.30. The quantitative estimate of drug-likeness (QED) is 0.779. The van der Waals surface area contributed by atoms with Crippen molar-refractivity contribution in [2.45, 2.75) is 12.5 Å². The largest absolute Gasteiger partial charge is 0.493 e. The zero-order chi connectivity index (χ0) is 15.8. The van der Waals surface area contributed by atoms with Gasteiger partial charge in [-0.25, -0.2) is 0 Å². The topological polar surface area (TPSA) is 46.3 Å². The van der Waals surface area contributed by atoms with Crippen LogP contribution in [0.3, 0.4) is 0 Å². The summed E-state index contributed by atoms with van der Waals surface area (Å²) < 4.78 is 10.9. The van der Waals surface area contributed by atoms with Crippen LogP contribution in [-0.4, -0.2) is 25.7 Å². The number of aromatic amines is 1. The van der Waals surface area contributed by atoms with Crippen LogP contribution < -0.4 is 14.8 Å². The van der Waals surface area contributed by atoms with Gasteiger partial charge in [-0.15, -0.1) is 0 Å². The van der Waals surface area contributed by atoms with Crippen LogP contribution in [0.1, 0.15) is 22.7 Å². The van der Waals surface area contributed by atoms with E-state index in [1.807, 2.05) is 0 Å². The highest BCUT2D eigenvalue weighted by Gasteiger charge is 2.25. The van der Waals surface area contributed by atoms with Crippen molar-refractivity contribution in [1.82, 2.24) is 10.3 Å². The Balaban J connectivity index is 1.87. The molecule has 0 fully saturated rings. The van der Waals surface area contributed by atoms with Crippen molar-refractivity contribution in [2.24, 2.45) is 0 Å². The molecule has 2 N–H and O–H groups in total. The summed E-state index contributed by atoms with van der Waals surface area (Å²) >= 11 is 0. The number of nitrogens with one attached hydrogen (secondary N) is 2. The van der Waals surface area contributed by atoms with Crippen molar-refractivity contribution < 1.29 is 9.47 Å². The fourth-order valence-electron chi connectivity index (χ4n) is 3.49. The number of rotatable bonds is 3. The van der Waals surface area contributed by atoms with Gasteiger partial charge in [0.15, 0.2) is 11.5 Å². The fraction of sp³-hybridized carbons (Fsp3) is 0.263. The van der Waals surface area contributed by atoms with Gasteiger partial charge in [-0.3, -0.25) is 0 Å². The van der Waals surface area contributed by atoms with E-state index in [4.69, 9.17) is 9.47 Å². The molecule has 0 bridgehead atoms. The first-order valence-electron chi connectivity index (χ1n) is 7.86. The average Bonchev–Trinajstić information content (AvgIpc) is 3.03. The number of H-pyrrole nitrogens is 1. The smallest absolute Gasteiger partial charge is 0.161 e. The molecule has 0 saturated heterocycles. The molecule has 1 aromatic heterocycles. The number of hydrogen-bond acceptors (Lipinski definition) is 3. The Bertz CT molecular complexity index is 854. The van der Waals surface area contributed by atoms with E-state index < -0.39 is 0 Å². The second-order valence-corrected chi connectivity index (χ2v) is 5.83. The van der Waals surface area contributed by atoms with Crippen LogP contribution in [0.2, 0.25) is 0 Å². The third-order valence-electron chi connectivity index (χ3n) is 4.63. The molecular formula is C19H20N2O2. The first kappa shape index (κ1) is 14.2. The van der Waals surface area contributed by atoms with Gasteiger partial charge in [0.05, 0.1) is 20.3 Å². The molecule has 0 amide bonds. The van der Waals surface area contributed by atoms with Crippen molar-refractivity contribution in [1.29, 1.82) is 0 Å².